The standard InChI is InChI=1S/C15H15NO5/c1-2-20-15(19)13(6-8-17)21-14(18)11-3-4-12-10(9-11)5-7-16-12/h3-5,7-9,13,16H,2,6H2,1H3. The maximum absolute atomic E-state index is 12.0. The quantitative estimate of drug-likeness (QED) is 0.648. The first-order valence-corrected chi connectivity index (χ1v) is 6.54. The number of fused-ring (bicyclic) bond motifs is 1. The number of carbonyl (C=O) groups is 3. The van der Waals surface area contributed by atoms with E-state index in [0.717, 1.165) is 10.9 Å². The Balaban J connectivity index is 2.13. The van der Waals surface area contributed by atoms with Crippen molar-refractivity contribution in [3.63, 3.8) is 0 Å². The number of aromatic amines is 1. The summed E-state index contributed by atoms with van der Waals surface area (Å²) >= 11 is 0. The third-order valence-electron chi connectivity index (χ3n) is 2.90. The van der Waals surface area contributed by atoms with E-state index in [4.69, 9.17) is 9.47 Å². The number of aldehydes is 1. The van der Waals surface area contributed by atoms with Crippen molar-refractivity contribution in [2.75, 3.05) is 6.61 Å². The Labute approximate surface area is 121 Å². The summed E-state index contributed by atoms with van der Waals surface area (Å²) < 4.78 is 9.83. The molecule has 0 aliphatic heterocycles. The van der Waals surface area contributed by atoms with Crippen LogP contribution in [0.25, 0.3) is 10.9 Å². The number of benzene rings is 1. The van der Waals surface area contributed by atoms with Crippen molar-refractivity contribution in [1.82, 2.24) is 4.98 Å². The van der Waals surface area contributed by atoms with Crippen molar-refractivity contribution in [1.29, 1.82) is 0 Å². The maximum Gasteiger partial charge on any atom is 0.347 e. The fraction of sp³-hybridized carbons (Fsp3) is 0.267. The smallest absolute Gasteiger partial charge is 0.347 e. The zero-order chi connectivity index (χ0) is 15.2. The molecule has 0 aliphatic rings. The van der Waals surface area contributed by atoms with Crippen molar-refractivity contribution in [2.45, 2.75) is 19.4 Å². The molecule has 110 valence electrons. The van der Waals surface area contributed by atoms with Crippen LogP contribution in [0.3, 0.4) is 0 Å². The average molecular weight is 289 g/mol. The van der Waals surface area contributed by atoms with Crippen LogP contribution in [-0.2, 0) is 19.1 Å². The highest BCUT2D eigenvalue weighted by Gasteiger charge is 2.24. The largest absolute Gasteiger partial charge is 0.463 e. The van der Waals surface area contributed by atoms with E-state index in [1.165, 1.54) is 0 Å². The zero-order valence-electron chi connectivity index (χ0n) is 11.5. The fourth-order valence-electron chi connectivity index (χ4n) is 1.89. The number of hydrogen-bond donors (Lipinski definition) is 1. The van der Waals surface area contributed by atoms with Gasteiger partial charge in [0.05, 0.1) is 18.6 Å². The lowest BCUT2D eigenvalue weighted by Crippen LogP contribution is -2.29. The molecule has 0 saturated heterocycles. The molecule has 1 N–H and O–H groups in total. The van der Waals surface area contributed by atoms with E-state index in [1.54, 1.807) is 31.3 Å². The summed E-state index contributed by atoms with van der Waals surface area (Å²) in [5.41, 5.74) is 1.20. The molecule has 0 aliphatic carbocycles. The van der Waals surface area contributed by atoms with Gasteiger partial charge in [-0.05, 0) is 31.2 Å². The number of esters is 2. The van der Waals surface area contributed by atoms with Gasteiger partial charge in [0.15, 0.2) is 0 Å². The first-order chi connectivity index (χ1) is 10.2. The molecule has 6 heteroatoms. The summed E-state index contributed by atoms with van der Waals surface area (Å²) in [6.07, 6.45) is 0.839. The van der Waals surface area contributed by atoms with Crippen molar-refractivity contribution >= 4 is 29.1 Å². The highest BCUT2D eigenvalue weighted by Crippen LogP contribution is 2.16. The van der Waals surface area contributed by atoms with E-state index in [2.05, 4.69) is 4.98 Å². The third kappa shape index (κ3) is 3.47. The summed E-state index contributed by atoms with van der Waals surface area (Å²) in [7, 11) is 0. The lowest BCUT2D eigenvalue weighted by molar-refractivity contribution is -0.154. The molecule has 21 heavy (non-hydrogen) atoms. The average Bonchev–Trinajstić information content (AvgIpc) is 2.94. The Hall–Kier alpha value is -2.63. The van der Waals surface area contributed by atoms with E-state index in [9.17, 15) is 14.4 Å². The molecule has 1 heterocycles. The molecular weight excluding hydrogens is 274 g/mol. The third-order valence-corrected chi connectivity index (χ3v) is 2.90. The minimum absolute atomic E-state index is 0.154. The van der Waals surface area contributed by atoms with Gasteiger partial charge in [-0.25, -0.2) is 9.59 Å². The second-order valence-corrected chi connectivity index (χ2v) is 4.33. The van der Waals surface area contributed by atoms with Crippen LogP contribution >= 0.6 is 0 Å². The van der Waals surface area contributed by atoms with Gasteiger partial charge in [-0.2, -0.15) is 0 Å². The van der Waals surface area contributed by atoms with Gasteiger partial charge in [0, 0.05) is 17.1 Å². The zero-order valence-corrected chi connectivity index (χ0v) is 11.5. The van der Waals surface area contributed by atoms with E-state index < -0.39 is 18.0 Å². The molecule has 0 radical (unpaired) electrons. The summed E-state index contributed by atoms with van der Waals surface area (Å²) in [6.45, 7) is 1.79. The topological polar surface area (TPSA) is 85.5 Å². The summed E-state index contributed by atoms with van der Waals surface area (Å²) in [4.78, 5) is 37.2. The molecule has 2 aromatic rings. The van der Waals surface area contributed by atoms with Gasteiger partial charge in [0.2, 0.25) is 6.10 Å². The predicted molar refractivity (Wildman–Crippen MR) is 74.8 cm³/mol. The van der Waals surface area contributed by atoms with E-state index in [1.807, 2.05) is 6.07 Å². The van der Waals surface area contributed by atoms with Crippen LogP contribution in [0.1, 0.15) is 23.7 Å². The second-order valence-electron chi connectivity index (χ2n) is 4.33. The highest BCUT2D eigenvalue weighted by atomic mass is 16.6. The van der Waals surface area contributed by atoms with Gasteiger partial charge < -0.3 is 19.3 Å². The number of nitrogens with one attached hydrogen (secondary N) is 1. The first kappa shape index (κ1) is 14.8. The molecule has 0 fully saturated rings. The fourth-order valence-corrected chi connectivity index (χ4v) is 1.89. The van der Waals surface area contributed by atoms with Crippen molar-refractivity contribution < 1.29 is 23.9 Å². The number of hydrogen-bond acceptors (Lipinski definition) is 5. The Kier molecular flexibility index (Phi) is 4.71. The van der Waals surface area contributed by atoms with Gasteiger partial charge in [0.25, 0.3) is 0 Å². The maximum atomic E-state index is 12.0. The monoisotopic (exact) mass is 289 g/mol. The Morgan fingerprint density at radius 3 is 2.86 bits per heavy atom. The minimum Gasteiger partial charge on any atom is -0.463 e. The van der Waals surface area contributed by atoms with Gasteiger partial charge in [-0.1, -0.05) is 0 Å². The Bertz CT molecular complexity index is 661. The molecule has 0 saturated carbocycles. The Morgan fingerprint density at radius 1 is 1.33 bits per heavy atom. The van der Waals surface area contributed by atoms with Crippen LogP contribution in [0.15, 0.2) is 30.5 Å². The summed E-state index contributed by atoms with van der Waals surface area (Å²) in [6, 6.07) is 6.80. The van der Waals surface area contributed by atoms with Crippen LogP contribution in [0.5, 0.6) is 0 Å². The van der Waals surface area contributed by atoms with Gasteiger partial charge in [-0.15, -0.1) is 0 Å². The second kappa shape index (κ2) is 6.69. The van der Waals surface area contributed by atoms with Crippen LogP contribution in [0.4, 0.5) is 0 Å². The van der Waals surface area contributed by atoms with Crippen molar-refractivity contribution in [2.24, 2.45) is 0 Å². The SMILES string of the molecule is CCOC(=O)C(CC=O)OC(=O)c1ccc2[nH]ccc2c1. The lowest BCUT2D eigenvalue weighted by atomic mass is 10.1. The number of aromatic nitrogens is 1. The molecule has 1 atom stereocenters. The van der Waals surface area contributed by atoms with Crippen LogP contribution in [-0.4, -0.2) is 35.9 Å². The summed E-state index contributed by atoms with van der Waals surface area (Å²) in [5.74, 6) is -1.39. The molecule has 1 aromatic carbocycles. The number of rotatable bonds is 6. The molecule has 0 bridgehead atoms. The number of H-pyrrole nitrogens is 1. The molecule has 1 unspecified atom stereocenters. The van der Waals surface area contributed by atoms with Crippen LogP contribution in [0, 0.1) is 0 Å². The lowest BCUT2D eigenvalue weighted by Gasteiger charge is -2.14. The van der Waals surface area contributed by atoms with E-state index in [-0.39, 0.29) is 13.0 Å². The molecule has 2 rings (SSSR count). The van der Waals surface area contributed by atoms with E-state index in [0.29, 0.717) is 11.8 Å². The Morgan fingerprint density at radius 2 is 2.14 bits per heavy atom. The minimum atomic E-state index is -1.21. The predicted octanol–water partition coefficient (Wildman–Crippen LogP) is 1.85. The normalized spacial score (nSPS) is 11.9. The van der Waals surface area contributed by atoms with Crippen LogP contribution < -0.4 is 0 Å². The van der Waals surface area contributed by atoms with Gasteiger partial charge >= 0.3 is 11.9 Å². The molecule has 6 nitrogen and oxygen atoms in total. The van der Waals surface area contributed by atoms with Gasteiger partial charge in [-0.3, -0.25) is 0 Å². The first-order valence-electron chi connectivity index (χ1n) is 6.54. The number of carbonyl (C=O) groups excluding carboxylic acids is 3. The van der Waals surface area contributed by atoms with Crippen LogP contribution in [0.2, 0.25) is 0 Å². The van der Waals surface area contributed by atoms with Crippen molar-refractivity contribution in [3.05, 3.63) is 36.0 Å². The number of ether oxygens (including phenoxy) is 2. The van der Waals surface area contributed by atoms with E-state index >= 15 is 0 Å². The molecule has 0 spiro atoms. The highest BCUT2D eigenvalue weighted by molar-refractivity contribution is 5.96. The summed E-state index contributed by atoms with van der Waals surface area (Å²) in [5, 5.41) is 0.854. The van der Waals surface area contributed by atoms with Crippen molar-refractivity contribution in [3.8, 4) is 0 Å². The molecular formula is C15H15NO5. The molecule has 0 amide bonds. The van der Waals surface area contributed by atoms with Gasteiger partial charge in [0.1, 0.15) is 6.29 Å². The molecule has 1 aromatic heterocycles.